The van der Waals surface area contributed by atoms with Gasteiger partial charge in [-0.05, 0) is 128 Å². The average Bonchev–Trinajstić information content (AvgIpc) is 3.39. The van der Waals surface area contributed by atoms with Crippen LogP contribution in [0, 0.1) is 0 Å². The van der Waals surface area contributed by atoms with Crippen LogP contribution in [0.1, 0.15) is 362 Å². The summed E-state index contributed by atoms with van der Waals surface area (Å²) in [5.74, 6) is -2.66. The summed E-state index contributed by atoms with van der Waals surface area (Å²) < 4.78 is 0. The Morgan fingerprint density at radius 1 is 0.197 bits per heavy atom. The van der Waals surface area contributed by atoms with E-state index in [0.717, 1.165) is 51.4 Å². The van der Waals surface area contributed by atoms with E-state index in [1.807, 2.05) is 0 Å². The van der Waals surface area contributed by atoms with Crippen LogP contribution in [-0.2, 0) is 19.2 Å². The van der Waals surface area contributed by atoms with Gasteiger partial charge in [-0.1, -0.05) is 256 Å². The monoisotopic (exact) mass is 1070 g/mol. The molecule has 0 radical (unpaired) electrons. The van der Waals surface area contributed by atoms with Crippen LogP contribution in [0.2, 0.25) is 0 Å². The first-order valence-electron chi connectivity index (χ1n) is 32.6. The van der Waals surface area contributed by atoms with Gasteiger partial charge in [-0.2, -0.15) is 0 Å². The van der Waals surface area contributed by atoms with Crippen LogP contribution >= 0.6 is 0 Å². The summed E-state index contributed by atoms with van der Waals surface area (Å²) >= 11 is 0. The summed E-state index contributed by atoms with van der Waals surface area (Å²) in [6.07, 6.45) is 79.1. The van der Waals surface area contributed by atoms with Gasteiger partial charge in [0.25, 0.3) is 0 Å². The molecule has 0 aliphatic heterocycles. The molecular formula is C68H128O8. The third-order valence-corrected chi connectivity index (χ3v) is 13.6. The summed E-state index contributed by atoms with van der Waals surface area (Å²) in [6, 6.07) is 0. The molecule has 0 rings (SSSR count). The molecule has 0 aliphatic carbocycles. The van der Waals surface area contributed by atoms with E-state index in [2.05, 4.69) is 76.3 Å². The molecule has 0 heterocycles. The van der Waals surface area contributed by atoms with Crippen molar-refractivity contribution in [1.29, 1.82) is 0 Å². The van der Waals surface area contributed by atoms with Gasteiger partial charge in [0.2, 0.25) is 0 Å². The van der Waals surface area contributed by atoms with Gasteiger partial charge in [0.1, 0.15) is 0 Å². The molecule has 0 bridgehead atoms. The van der Waals surface area contributed by atoms with E-state index in [-0.39, 0.29) is 0 Å². The number of unbranched alkanes of at least 4 members (excludes halogenated alkanes) is 40. The fraction of sp³-hybridized carbons (Fsp3) is 0.824. The van der Waals surface area contributed by atoms with Gasteiger partial charge in [0.15, 0.2) is 0 Å². The van der Waals surface area contributed by atoms with Crippen LogP contribution in [-0.4, -0.2) is 44.3 Å². The summed E-state index contributed by atoms with van der Waals surface area (Å²) in [5, 5.41) is 34.0. The number of aliphatic carboxylic acids is 4. The van der Waals surface area contributed by atoms with E-state index >= 15 is 0 Å². The van der Waals surface area contributed by atoms with E-state index in [1.54, 1.807) is 0 Å². The molecule has 8 nitrogen and oxygen atoms in total. The van der Waals surface area contributed by atoms with Crippen molar-refractivity contribution in [3.05, 3.63) is 48.6 Å². The molecule has 0 saturated heterocycles. The molecule has 76 heavy (non-hydrogen) atoms. The van der Waals surface area contributed by atoms with Gasteiger partial charge in [0, 0.05) is 25.7 Å². The molecule has 0 aromatic carbocycles. The molecular weight excluding hydrogens is 945 g/mol. The SMILES string of the molecule is CCCCCC/C=C\CCCCCCCC(=O)O.CCCCCC/C=C\CCCCCCCC(=O)O.CCCCCCCC/C=C\CCCCCCCC(=O)O.CCCCCCCC/C=C\CCCCCCCC(=O)O. The Morgan fingerprint density at radius 2 is 0.316 bits per heavy atom. The van der Waals surface area contributed by atoms with E-state index < -0.39 is 23.9 Å². The largest absolute Gasteiger partial charge is 0.481 e. The summed E-state index contributed by atoms with van der Waals surface area (Å²) in [4.78, 5) is 41.2. The maximum Gasteiger partial charge on any atom is 0.303 e. The first kappa shape index (κ1) is 79.3. The predicted octanol–water partition coefficient (Wildman–Crippen LogP) is 22.9. The Kier molecular flexibility index (Phi) is 79.4. The van der Waals surface area contributed by atoms with Crippen molar-refractivity contribution in [2.24, 2.45) is 0 Å². The van der Waals surface area contributed by atoms with Crippen molar-refractivity contribution in [2.45, 2.75) is 362 Å². The first-order chi connectivity index (χ1) is 37.1. The molecule has 0 amide bonds. The normalized spacial score (nSPS) is 11.2. The second-order valence-corrected chi connectivity index (χ2v) is 21.5. The van der Waals surface area contributed by atoms with Crippen LogP contribution < -0.4 is 0 Å². The molecule has 448 valence electrons. The van der Waals surface area contributed by atoms with Gasteiger partial charge in [-0.15, -0.1) is 0 Å². The van der Waals surface area contributed by atoms with Crippen molar-refractivity contribution in [3.8, 4) is 0 Å². The second kappa shape index (κ2) is 76.1. The van der Waals surface area contributed by atoms with Crippen LogP contribution in [0.15, 0.2) is 48.6 Å². The quantitative estimate of drug-likeness (QED) is 0.0347. The zero-order chi connectivity index (χ0) is 56.7. The van der Waals surface area contributed by atoms with Gasteiger partial charge < -0.3 is 20.4 Å². The molecule has 0 aromatic rings. The number of carbonyl (C=O) groups is 4. The highest BCUT2D eigenvalue weighted by molar-refractivity contribution is 5.67. The third-order valence-electron chi connectivity index (χ3n) is 13.6. The van der Waals surface area contributed by atoms with Crippen LogP contribution in [0.25, 0.3) is 0 Å². The highest BCUT2D eigenvalue weighted by Gasteiger charge is 1.99. The lowest BCUT2D eigenvalue weighted by molar-refractivity contribution is -0.138. The van der Waals surface area contributed by atoms with Gasteiger partial charge in [-0.25, -0.2) is 0 Å². The molecule has 0 aliphatic rings. The molecule has 0 aromatic heterocycles. The summed E-state index contributed by atoms with van der Waals surface area (Å²) in [6.45, 7) is 9.00. The number of hydrogen-bond acceptors (Lipinski definition) is 4. The number of carboxylic acids is 4. The third kappa shape index (κ3) is 93.3. The topological polar surface area (TPSA) is 149 Å². The highest BCUT2D eigenvalue weighted by Crippen LogP contribution is 2.14. The van der Waals surface area contributed by atoms with Gasteiger partial charge in [0.05, 0.1) is 0 Å². The van der Waals surface area contributed by atoms with Crippen molar-refractivity contribution in [3.63, 3.8) is 0 Å². The lowest BCUT2D eigenvalue weighted by Crippen LogP contribution is -1.93. The van der Waals surface area contributed by atoms with Crippen molar-refractivity contribution in [2.75, 3.05) is 0 Å². The lowest BCUT2D eigenvalue weighted by Gasteiger charge is -1.99. The Morgan fingerprint density at radius 3 is 0.461 bits per heavy atom. The zero-order valence-electron chi connectivity index (χ0n) is 50.8. The minimum absolute atomic E-state index is 0.331. The van der Waals surface area contributed by atoms with Crippen molar-refractivity contribution >= 4 is 23.9 Å². The Labute approximate surface area is 471 Å². The van der Waals surface area contributed by atoms with Crippen LogP contribution in [0.4, 0.5) is 0 Å². The lowest BCUT2D eigenvalue weighted by atomic mass is 10.1. The number of carboxylic acid groups (broad SMARTS) is 4. The summed E-state index contributed by atoms with van der Waals surface area (Å²) in [7, 11) is 0. The number of allylic oxidation sites excluding steroid dienone is 8. The molecule has 0 fully saturated rings. The standard InChI is InChI=1S/2C18H34O2.2C16H30O2/c2*1-2-3-4-5-6-7-8-9-10-11-12-13-14-15-16-17-18(19)20;2*1-2-3-4-5-6-7-8-9-10-11-12-13-14-15-16(17)18/h2*9-10H,2-8,11-17H2,1H3,(H,19,20);2*7-8H,2-6,9-15H2,1H3,(H,17,18)/b2*10-9-;2*8-7-. The van der Waals surface area contributed by atoms with E-state index in [4.69, 9.17) is 20.4 Å². The maximum absolute atomic E-state index is 10.3. The molecule has 0 saturated carbocycles. The molecule has 8 heteroatoms. The Balaban J connectivity index is -0.000000455. The van der Waals surface area contributed by atoms with Crippen LogP contribution in [0.3, 0.4) is 0 Å². The number of hydrogen-bond donors (Lipinski definition) is 4. The molecule has 0 spiro atoms. The fourth-order valence-corrected chi connectivity index (χ4v) is 8.68. The highest BCUT2D eigenvalue weighted by atomic mass is 16.4. The molecule has 4 N–H and O–H groups in total. The number of rotatable bonds is 56. The average molecular weight is 1070 g/mol. The van der Waals surface area contributed by atoms with E-state index in [9.17, 15) is 19.2 Å². The predicted molar refractivity (Wildman–Crippen MR) is 330 cm³/mol. The second-order valence-electron chi connectivity index (χ2n) is 21.5. The van der Waals surface area contributed by atoms with E-state index in [1.165, 1.54) is 257 Å². The molecule has 0 unspecified atom stereocenters. The van der Waals surface area contributed by atoms with Crippen molar-refractivity contribution < 1.29 is 39.6 Å². The fourth-order valence-electron chi connectivity index (χ4n) is 8.68. The van der Waals surface area contributed by atoms with Crippen molar-refractivity contribution in [1.82, 2.24) is 0 Å². The van der Waals surface area contributed by atoms with Crippen LogP contribution in [0.5, 0.6) is 0 Å². The van der Waals surface area contributed by atoms with Gasteiger partial charge in [-0.3, -0.25) is 19.2 Å². The minimum atomic E-state index is -0.666. The zero-order valence-corrected chi connectivity index (χ0v) is 50.8. The maximum atomic E-state index is 10.3. The van der Waals surface area contributed by atoms with E-state index in [0.29, 0.717) is 25.7 Å². The molecule has 0 atom stereocenters. The minimum Gasteiger partial charge on any atom is -0.481 e. The first-order valence-corrected chi connectivity index (χ1v) is 32.6. The summed E-state index contributed by atoms with van der Waals surface area (Å²) in [5.41, 5.74) is 0. The Bertz CT molecular complexity index is 1170. The smallest absolute Gasteiger partial charge is 0.303 e. The Hall–Kier alpha value is -3.16. The van der Waals surface area contributed by atoms with Gasteiger partial charge >= 0.3 is 23.9 Å².